The number of aromatic nitrogens is 1. The molecule has 2 aromatic heterocycles. The molecule has 7 aromatic rings. The standard InChI is InChI=1S/C33H16N2O5S2/c36-32-22-11-6-10-21-27(22)23(16-24-28(21)34-31(40-24)17-7-2-1-3-8-17)33(37)35(32)18-13-14-20-26(15-18)42(38,39)30-19-9-4-5-12-25(19)41-29(20)30/h1-16H. The van der Waals surface area contributed by atoms with Crippen LogP contribution in [0, 0.1) is 0 Å². The minimum atomic E-state index is -3.86. The number of hydrogen-bond donors (Lipinski definition) is 0. The summed E-state index contributed by atoms with van der Waals surface area (Å²) in [6.45, 7) is 0. The average molecular weight is 585 g/mol. The maximum absolute atomic E-state index is 14.0. The number of nitrogens with zero attached hydrogens (tertiary/aromatic N) is 2. The minimum Gasteiger partial charge on any atom is -0.436 e. The fourth-order valence-corrected chi connectivity index (χ4v) is 9.62. The van der Waals surface area contributed by atoms with Crippen LogP contribution < -0.4 is 4.90 Å². The molecule has 4 heterocycles. The molecule has 2 aliphatic rings. The van der Waals surface area contributed by atoms with Crippen LogP contribution in [-0.2, 0) is 9.84 Å². The van der Waals surface area contributed by atoms with E-state index in [-0.39, 0.29) is 21.0 Å². The van der Waals surface area contributed by atoms with Crippen LogP contribution in [0.4, 0.5) is 5.69 Å². The molecule has 0 spiro atoms. The largest absolute Gasteiger partial charge is 0.436 e. The number of imide groups is 1. The Balaban J connectivity index is 1.22. The molecule has 9 heteroatoms. The molecular weight excluding hydrogens is 569 g/mol. The molecule has 0 fully saturated rings. The summed E-state index contributed by atoms with van der Waals surface area (Å²) in [6, 6.07) is 28.5. The summed E-state index contributed by atoms with van der Waals surface area (Å²) in [5.41, 5.74) is 3.16. The minimum absolute atomic E-state index is 0.0924. The Kier molecular flexibility index (Phi) is 4.49. The van der Waals surface area contributed by atoms with Crippen molar-refractivity contribution in [1.29, 1.82) is 0 Å². The van der Waals surface area contributed by atoms with Crippen molar-refractivity contribution in [2.24, 2.45) is 0 Å². The van der Waals surface area contributed by atoms with Gasteiger partial charge < -0.3 is 4.42 Å². The molecule has 0 N–H and O–H groups in total. The summed E-state index contributed by atoms with van der Waals surface area (Å²) in [7, 11) is -3.86. The summed E-state index contributed by atoms with van der Waals surface area (Å²) >= 11 is 1.42. The predicted octanol–water partition coefficient (Wildman–Crippen LogP) is 7.48. The first-order chi connectivity index (χ1) is 20.4. The quantitative estimate of drug-likeness (QED) is 0.196. The monoisotopic (exact) mass is 584 g/mol. The second-order valence-electron chi connectivity index (χ2n) is 10.3. The fraction of sp³-hybridized carbons (Fsp3) is 0. The Bertz CT molecular complexity index is 2480. The first-order valence-electron chi connectivity index (χ1n) is 13.1. The summed E-state index contributed by atoms with van der Waals surface area (Å²) in [5.74, 6) is -0.674. The Morgan fingerprint density at radius 3 is 2.36 bits per heavy atom. The molecule has 0 atom stereocenters. The number of carbonyl (C=O) groups excluding carboxylic acids is 2. The summed E-state index contributed by atoms with van der Waals surface area (Å²) < 4.78 is 34.5. The smallest absolute Gasteiger partial charge is 0.266 e. The number of benzene rings is 5. The molecule has 42 heavy (non-hydrogen) atoms. The first-order valence-corrected chi connectivity index (χ1v) is 15.4. The van der Waals surface area contributed by atoms with E-state index in [0.717, 1.165) is 15.2 Å². The number of anilines is 1. The lowest BCUT2D eigenvalue weighted by molar-refractivity contribution is 0.0893. The normalized spacial score (nSPS) is 15.1. The van der Waals surface area contributed by atoms with Gasteiger partial charge in [-0.2, -0.15) is 0 Å². The van der Waals surface area contributed by atoms with E-state index in [2.05, 4.69) is 0 Å². The van der Waals surface area contributed by atoms with E-state index in [1.807, 2.05) is 54.6 Å². The Morgan fingerprint density at radius 2 is 1.50 bits per heavy atom. The number of oxazole rings is 1. The van der Waals surface area contributed by atoms with Crippen LogP contribution in [0.2, 0.25) is 0 Å². The van der Waals surface area contributed by atoms with Gasteiger partial charge in [0, 0.05) is 37.5 Å². The maximum atomic E-state index is 14.0. The molecule has 0 aliphatic carbocycles. The molecule has 0 saturated heterocycles. The van der Waals surface area contributed by atoms with Crippen molar-refractivity contribution in [3.63, 3.8) is 0 Å². The van der Waals surface area contributed by atoms with E-state index < -0.39 is 21.7 Å². The van der Waals surface area contributed by atoms with Gasteiger partial charge >= 0.3 is 0 Å². The Labute approximate surface area is 242 Å². The third-order valence-corrected chi connectivity index (χ3v) is 11.2. The van der Waals surface area contributed by atoms with Crippen molar-refractivity contribution in [3.05, 3.63) is 108 Å². The van der Waals surface area contributed by atoms with Crippen LogP contribution in [-0.4, -0.2) is 25.2 Å². The van der Waals surface area contributed by atoms with Gasteiger partial charge in [-0.25, -0.2) is 18.3 Å². The molecule has 0 bridgehead atoms. The molecule has 0 saturated carbocycles. The lowest BCUT2D eigenvalue weighted by Crippen LogP contribution is -2.40. The molecule has 2 amide bonds. The van der Waals surface area contributed by atoms with E-state index >= 15 is 0 Å². The molecule has 9 rings (SSSR count). The highest BCUT2D eigenvalue weighted by molar-refractivity contribution is 7.92. The van der Waals surface area contributed by atoms with Crippen molar-refractivity contribution >= 4 is 70.6 Å². The summed E-state index contributed by atoms with van der Waals surface area (Å²) in [6.07, 6.45) is 0. The van der Waals surface area contributed by atoms with Gasteiger partial charge in [-0.3, -0.25) is 9.59 Å². The zero-order valence-corrected chi connectivity index (χ0v) is 23.1. The Morgan fingerprint density at radius 1 is 0.738 bits per heavy atom. The van der Waals surface area contributed by atoms with E-state index in [4.69, 9.17) is 9.40 Å². The number of carbonyl (C=O) groups is 2. The number of amides is 2. The topological polar surface area (TPSA) is 97.6 Å². The molecule has 5 aromatic carbocycles. The van der Waals surface area contributed by atoms with Gasteiger partial charge in [0.1, 0.15) is 5.52 Å². The van der Waals surface area contributed by atoms with Crippen LogP contribution >= 0.6 is 11.3 Å². The molecular formula is C33H16N2O5S2. The van der Waals surface area contributed by atoms with Gasteiger partial charge in [-0.05, 0) is 42.5 Å². The molecule has 200 valence electrons. The van der Waals surface area contributed by atoms with Crippen molar-refractivity contribution in [1.82, 2.24) is 4.98 Å². The van der Waals surface area contributed by atoms with Gasteiger partial charge in [-0.15, -0.1) is 11.3 Å². The van der Waals surface area contributed by atoms with Gasteiger partial charge in [0.2, 0.25) is 15.7 Å². The van der Waals surface area contributed by atoms with Crippen molar-refractivity contribution in [2.75, 3.05) is 4.90 Å². The highest BCUT2D eigenvalue weighted by atomic mass is 32.2. The number of rotatable bonds is 2. The molecule has 0 radical (unpaired) electrons. The van der Waals surface area contributed by atoms with Gasteiger partial charge in [0.15, 0.2) is 5.58 Å². The van der Waals surface area contributed by atoms with Crippen LogP contribution in [0.15, 0.2) is 111 Å². The van der Waals surface area contributed by atoms with Crippen molar-refractivity contribution < 1.29 is 22.4 Å². The van der Waals surface area contributed by atoms with E-state index in [1.165, 1.54) is 17.4 Å². The number of fused-ring (bicyclic) bond motifs is 7. The fourth-order valence-electron chi connectivity index (χ4n) is 6.12. The number of hydrogen-bond acceptors (Lipinski definition) is 7. The van der Waals surface area contributed by atoms with Crippen molar-refractivity contribution in [2.45, 2.75) is 9.79 Å². The van der Waals surface area contributed by atoms with E-state index in [0.29, 0.717) is 49.2 Å². The second-order valence-corrected chi connectivity index (χ2v) is 13.2. The highest BCUT2D eigenvalue weighted by Crippen LogP contribution is 2.52. The predicted molar refractivity (Wildman–Crippen MR) is 161 cm³/mol. The van der Waals surface area contributed by atoms with Gasteiger partial charge in [0.05, 0.1) is 25.9 Å². The van der Waals surface area contributed by atoms with Crippen LogP contribution in [0.3, 0.4) is 0 Å². The van der Waals surface area contributed by atoms with E-state index in [1.54, 1.807) is 36.4 Å². The SMILES string of the molecule is O=C1c2cccc3c2c(cc2oc(-c4ccccc4)nc23)C(=O)N1c1ccc2c(c1)S(=O)(=O)c1c-2sc2ccccc12. The lowest BCUT2D eigenvalue weighted by Gasteiger charge is -2.27. The summed E-state index contributed by atoms with van der Waals surface area (Å²) in [4.78, 5) is 34.7. The number of thiophene rings is 1. The van der Waals surface area contributed by atoms with Crippen LogP contribution in [0.25, 0.3) is 53.9 Å². The van der Waals surface area contributed by atoms with Crippen molar-refractivity contribution in [3.8, 4) is 21.9 Å². The third kappa shape index (κ3) is 2.93. The highest BCUT2D eigenvalue weighted by Gasteiger charge is 2.40. The maximum Gasteiger partial charge on any atom is 0.266 e. The summed E-state index contributed by atoms with van der Waals surface area (Å²) in [5, 5.41) is 1.82. The molecule has 7 nitrogen and oxygen atoms in total. The second kappa shape index (κ2) is 8.00. The van der Waals surface area contributed by atoms with E-state index in [9.17, 15) is 18.0 Å². The third-order valence-electron chi connectivity index (χ3n) is 7.98. The lowest BCUT2D eigenvalue weighted by atomic mass is 9.93. The number of sulfone groups is 1. The van der Waals surface area contributed by atoms with Gasteiger partial charge in [-0.1, -0.05) is 54.6 Å². The van der Waals surface area contributed by atoms with Gasteiger partial charge in [0.25, 0.3) is 11.8 Å². The molecule has 0 unspecified atom stereocenters. The first kappa shape index (κ1) is 23.6. The molecule has 2 aliphatic heterocycles. The Hall–Kier alpha value is -5.12. The van der Waals surface area contributed by atoms with Crippen LogP contribution in [0.5, 0.6) is 0 Å². The zero-order chi connectivity index (χ0) is 28.3. The van der Waals surface area contributed by atoms with Crippen LogP contribution in [0.1, 0.15) is 20.7 Å². The zero-order valence-electron chi connectivity index (χ0n) is 21.5. The average Bonchev–Trinajstić information content (AvgIpc) is 3.68.